The van der Waals surface area contributed by atoms with Gasteiger partial charge in [-0.15, -0.1) is 0 Å². The van der Waals surface area contributed by atoms with Crippen LogP contribution in [0.4, 0.5) is 0 Å². The molecule has 0 bridgehead atoms. The fourth-order valence-electron chi connectivity index (χ4n) is 3.82. The van der Waals surface area contributed by atoms with Crippen molar-refractivity contribution in [3.63, 3.8) is 0 Å². The highest BCUT2D eigenvalue weighted by Crippen LogP contribution is 2.22. The molecule has 0 saturated carbocycles. The lowest BCUT2D eigenvalue weighted by atomic mass is 10.0. The molecular formula is C25H30N2O2. The highest BCUT2D eigenvalue weighted by Gasteiger charge is 2.11. The summed E-state index contributed by atoms with van der Waals surface area (Å²) in [6, 6.07) is 18.0. The lowest BCUT2D eigenvalue weighted by Gasteiger charge is -2.16. The fraction of sp³-hybridized carbons (Fsp3) is 0.360. The van der Waals surface area contributed by atoms with Gasteiger partial charge in [0.1, 0.15) is 16.9 Å². The number of benzene rings is 2. The van der Waals surface area contributed by atoms with Crippen LogP contribution in [0.1, 0.15) is 37.2 Å². The molecule has 4 nitrogen and oxygen atoms in total. The molecule has 2 atom stereocenters. The van der Waals surface area contributed by atoms with Gasteiger partial charge in [0.15, 0.2) is 0 Å². The monoisotopic (exact) mass is 390 g/mol. The van der Waals surface area contributed by atoms with Crippen molar-refractivity contribution in [2.24, 2.45) is 0 Å². The first-order valence-corrected chi connectivity index (χ1v) is 10.5. The summed E-state index contributed by atoms with van der Waals surface area (Å²) in [5.41, 5.74) is 4.52. The summed E-state index contributed by atoms with van der Waals surface area (Å²) in [5, 5.41) is 9.27. The molecule has 0 spiro atoms. The van der Waals surface area contributed by atoms with E-state index in [1.807, 2.05) is 13.1 Å². The van der Waals surface area contributed by atoms with E-state index in [1.165, 1.54) is 16.5 Å². The Morgan fingerprint density at radius 1 is 0.897 bits per heavy atom. The molecule has 2 aromatic heterocycles. The Bertz CT molecular complexity index is 1080. The van der Waals surface area contributed by atoms with E-state index in [2.05, 4.69) is 66.9 Å². The maximum absolute atomic E-state index is 6.12. The van der Waals surface area contributed by atoms with Crippen LogP contribution in [0.15, 0.2) is 63.6 Å². The van der Waals surface area contributed by atoms with Crippen molar-refractivity contribution in [3.8, 4) is 0 Å². The minimum atomic E-state index is 0.391. The molecule has 2 heterocycles. The molecule has 0 aliphatic carbocycles. The minimum Gasteiger partial charge on any atom is -0.464 e. The summed E-state index contributed by atoms with van der Waals surface area (Å²) in [7, 11) is 2.00. The number of nitrogens with one attached hydrogen (secondary N) is 2. The van der Waals surface area contributed by atoms with E-state index in [4.69, 9.17) is 8.83 Å². The van der Waals surface area contributed by atoms with Crippen LogP contribution in [0, 0.1) is 0 Å². The molecule has 4 aromatic rings. The summed E-state index contributed by atoms with van der Waals surface area (Å²) in [6.07, 6.45) is 4.77. The highest BCUT2D eigenvalue weighted by atomic mass is 16.3. The Hall–Kier alpha value is -2.56. The van der Waals surface area contributed by atoms with Crippen molar-refractivity contribution in [1.82, 2.24) is 10.6 Å². The van der Waals surface area contributed by atoms with E-state index < -0.39 is 0 Å². The van der Waals surface area contributed by atoms with E-state index >= 15 is 0 Å². The molecule has 2 unspecified atom stereocenters. The largest absolute Gasteiger partial charge is 0.464 e. The molecule has 152 valence electrons. The van der Waals surface area contributed by atoms with Crippen LogP contribution in [-0.2, 0) is 19.4 Å². The van der Waals surface area contributed by atoms with Crippen LogP contribution in [0.2, 0.25) is 0 Å². The second-order valence-corrected chi connectivity index (χ2v) is 7.96. The van der Waals surface area contributed by atoms with Crippen LogP contribution >= 0.6 is 0 Å². The Morgan fingerprint density at radius 2 is 1.66 bits per heavy atom. The van der Waals surface area contributed by atoms with E-state index in [1.54, 1.807) is 6.26 Å². The maximum Gasteiger partial charge on any atom is 0.134 e. The fourth-order valence-corrected chi connectivity index (χ4v) is 3.82. The zero-order valence-corrected chi connectivity index (χ0v) is 17.5. The SMILES string of the molecule is CCC(Cc1ccc2ccoc2c1)NCc1cc2ccc(CC(C)NC)cc2o1. The average Bonchev–Trinajstić information content (AvgIpc) is 3.36. The van der Waals surface area contributed by atoms with Crippen molar-refractivity contribution in [2.75, 3.05) is 7.05 Å². The number of hydrogen-bond acceptors (Lipinski definition) is 4. The molecular weight excluding hydrogens is 360 g/mol. The molecule has 0 aliphatic rings. The van der Waals surface area contributed by atoms with Gasteiger partial charge in [-0.2, -0.15) is 0 Å². The number of hydrogen-bond donors (Lipinski definition) is 2. The number of likely N-dealkylation sites (N-methyl/N-ethyl adjacent to an activating group) is 1. The van der Waals surface area contributed by atoms with Crippen molar-refractivity contribution < 1.29 is 8.83 Å². The van der Waals surface area contributed by atoms with E-state index in [0.29, 0.717) is 12.1 Å². The Balaban J connectivity index is 1.40. The molecule has 2 N–H and O–H groups in total. The predicted molar refractivity (Wildman–Crippen MR) is 119 cm³/mol. The molecule has 0 saturated heterocycles. The summed E-state index contributed by atoms with van der Waals surface area (Å²) >= 11 is 0. The molecule has 0 fully saturated rings. The number of furan rings is 2. The van der Waals surface area contributed by atoms with Crippen molar-refractivity contribution in [2.45, 2.75) is 51.7 Å². The Morgan fingerprint density at radius 3 is 2.45 bits per heavy atom. The number of rotatable bonds is 9. The van der Waals surface area contributed by atoms with E-state index in [0.717, 1.165) is 48.1 Å². The Kier molecular flexibility index (Phi) is 6.02. The predicted octanol–water partition coefficient (Wildman–Crippen LogP) is 5.44. The maximum atomic E-state index is 6.12. The van der Waals surface area contributed by atoms with Gasteiger partial charge in [-0.05, 0) is 68.6 Å². The van der Waals surface area contributed by atoms with Crippen LogP contribution < -0.4 is 10.6 Å². The summed E-state index contributed by atoms with van der Waals surface area (Å²) in [6.45, 7) is 5.14. The molecule has 0 aliphatic heterocycles. The summed E-state index contributed by atoms with van der Waals surface area (Å²) < 4.78 is 11.7. The second-order valence-electron chi connectivity index (χ2n) is 7.96. The van der Waals surface area contributed by atoms with Gasteiger partial charge in [-0.25, -0.2) is 0 Å². The second kappa shape index (κ2) is 8.85. The standard InChI is InChI=1S/C25H30N2O2/c1-4-22(12-19-5-7-20-9-10-28-24(20)13-19)27-16-23-15-21-8-6-18(11-17(2)26-3)14-25(21)29-23/h5-10,13-15,17,22,26-27H,4,11-12,16H2,1-3H3. The summed E-state index contributed by atoms with van der Waals surface area (Å²) in [4.78, 5) is 0. The first-order valence-electron chi connectivity index (χ1n) is 10.5. The van der Waals surface area contributed by atoms with Crippen molar-refractivity contribution in [3.05, 3.63) is 71.7 Å². The molecule has 29 heavy (non-hydrogen) atoms. The molecule has 4 rings (SSSR count). The Labute approximate surface area is 172 Å². The third kappa shape index (κ3) is 4.72. The van der Waals surface area contributed by atoms with E-state index in [-0.39, 0.29) is 0 Å². The van der Waals surface area contributed by atoms with Crippen LogP contribution in [0.25, 0.3) is 21.9 Å². The van der Waals surface area contributed by atoms with Gasteiger partial charge in [0.2, 0.25) is 0 Å². The van der Waals surface area contributed by atoms with Crippen molar-refractivity contribution in [1.29, 1.82) is 0 Å². The molecule has 0 amide bonds. The van der Waals surface area contributed by atoms with Crippen LogP contribution in [-0.4, -0.2) is 19.1 Å². The van der Waals surface area contributed by atoms with Gasteiger partial charge in [-0.3, -0.25) is 0 Å². The van der Waals surface area contributed by atoms with Crippen LogP contribution in [0.3, 0.4) is 0 Å². The third-order valence-electron chi connectivity index (χ3n) is 5.73. The van der Waals surface area contributed by atoms with Gasteiger partial charge >= 0.3 is 0 Å². The van der Waals surface area contributed by atoms with Gasteiger partial charge < -0.3 is 19.5 Å². The minimum absolute atomic E-state index is 0.391. The van der Waals surface area contributed by atoms with Gasteiger partial charge in [-0.1, -0.05) is 31.2 Å². The zero-order chi connectivity index (χ0) is 20.2. The lowest BCUT2D eigenvalue weighted by Crippen LogP contribution is -2.29. The first kappa shape index (κ1) is 19.7. The molecule has 0 radical (unpaired) electrons. The van der Waals surface area contributed by atoms with E-state index in [9.17, 15) is 0 Å². The topological polar surface area (TPSA) is 50.3 Å². The lowest BCUT2D eigenvalue weighted by molar-refractivity contribution is 0.447. The molecule has 2 aromatic carbocycles. The van der Waals surface area contributed by atoms with Gasteiger partial charge in [0.05, 0.1) is 12.8 Å². The first-order chi connectivity index (χ1) is 14.1. The highest BCUT2D eigenvalue weighted by molar-refractivity contribution is 5.79. The van der Waals surface area contributed by atoms with Crippen molar-refractivity contribution >= 4 is 21.9 Å². The van der Waals surface area contributed by atoms with Gasteiger partial charge in [0, 0.05) is 22.9 Å². The molecule has 4 heteroatoms. The number of fused-ring (bicyclic) bond motifs is 2. The smallest absolute Gasteiger partial charge is 0.134 e. The normalized spacial score (nSPS) is 13.9. The summed E-state index contributed by atoms with van der Waals surface area (Å²) in [5.74, 6) is 0.985. The van der Waals surface area contributed by atoms with Crippen LogP contribution in [0.5, 0.6) is 0 Å². The average molecular weight is 391 g/mol. The third-order valence-corrected chi connectivity index (χ3v) is 5.73. The quantitative estimate of drug-likeness (QED) is 0.399. The zero-order valence-electron chi connectivity index (χ0n) is 17.5. The van der Waals surface area contributed by atoms with Gasteiger partial charge in [0.25, 0.3) is 0 Å².